The van der Waals surface area contributed by atoms with E-state index in [1.54, 1.807) is 6.08 Å². The second kappa shape index (κ2) is 14.1. The number of aromatic amines is 2. The monoisotopic (exact) mass is 914 g/mol. The predicted octanol–water partition coefficient (Wildman–Crippen LogP) is 8.87. The van der Waals surface area contributed by atoms with Crippen molar-refractivity contribution >= 4 is 111 Å². The second-order valence-electron chi connectivity index (χ2n) is 19.2. The summed E-state index contributed by atoms with van der Waals surface area (Å²) in [6.07, 6.45) is 6.92. The number of benzene rings is 6. The molecule has 10 aromatic rings. The van der Waals surface area contributed by atoms with Crippen LogP contribution in [0.15, 0.2) is 121 Å². The van der Waals surface area contributed by atoms with Crippen LogP contribution in [0.1, 0.15) is 80.2 Å². The van der Waals surface area contributed by atoms with E-state index in [4.69, 9.17) is 9.47 Å². The smallest absolute Gasteiger partial charge is 0.259 e. The number of aliphatic hydroxyl groups excluding tert-OH is 2. The van der Waals surface area contributed by atoms with Crippen molar-refractivity contribution in [3.8, 4) is 0 Å². The molecule has 0 unspecified atom stereocenters. The lowest BCUT2D eigenvalue weighted by Crippen LogP contribution is -2.30. The predicted molar refractivity (Wildman–Crippen MR) is 263 cm³/mol. The van der Waals surface area contributed by atoms with Gasteiger partial charge >= 0.3 is 0 Å². The number of para-hydroxylation sites is 4. The van der Waals surface area contributed by atoms with E-state index in [-0.39, 0.29) is 42.0 Å². The van der Waals surface area contributed by atoms with Crippen molar-refractivity contribution in [1.82, 2.24) is 29.7 Å². The number of aromatic nitrogens is 4. The van der Waals surface area contributed by atoms with Crippen LogP contribution in [0, 0.1) is 0 Å². The van der Waals surface area contributed by atoms with Crippen LogP contribution >= 0.6 is 0 Å². The minimum atomic E-state index is -0.907. The van der Waals surface area contributed by atoms with Gasteiger partial charge in [-0.3, -0.25) is 29.8 Å². The van der Waals surface area contributed by atoms with Crippen LogP contribution in [-0.4, -0.2) is 83.1 Å². The number of carbonyl (C=O) groups excluding carboxylic acids is 4. The number of amides is 4. The molecule has 3 aliphatic heterocycles. The number of imide groups is 2. The van der Waals surface area contributed by atoms with E-state index in [0.29, 0.717) is 28.7 Å². The summed E-state index contributed by atoms with van der Waals surface area (Å²) in [5, 5.41) is 32.2. The van der Waals surface area contributed by atoms with Gasteiger partial charge in [-0.2, -0.15) is 0 Å². The van der Waals surface area contributed by atoms with Gasteiger partial charge in [0, 0.05) is 78.0 Å². The fourth-order valence-corrected chi connectivity index (χ4v) is 12.2. The van der Waals surface area contributed by atoms with Gasteiger partial charge in [0.05, 0.1) is 74.7 Å². The van der Waals surface area contributed by atoms with Gasteiger partial charge in [0.2, 0.25) is 0 Å². The minimum Gasteiger partial charge on any atom is -0.390 e. The quantitative estimate of drug-likeness (QED) is 0.0732. The van der Waals surface area contributed by atoms with Crippen molar-refractivity contribution in [2.24, 2.45) is 0 Å². The van der Waals surface area contributed by atoms with Crippen LogP contribution in [-0.2, 0) is 9.47 Å². The molecule has 6 N–H and O–H groups in total. The number of nitrogens with one attached hydrogen (secondary N) is 4. The number of carbonyl (C=O) groups is 4. The summed E-state index contributed by atoms with van der Waals surface area (Å²) in [4.78, 5) is 59.5. The van der Waals surface area contributed by atoms with Gasteiger partial charge in [-0.05, 0) is 38.1 Å². The summed E-state index contributed by atoms with van der Waals surface area (Å²) in [6.45, 7) is 3.89. The fraction of sp³-hybridized carbons (Fsp3) is 0.200. The molecular weight excluding hydrogens is 873 g/mol. The maximum Gasteiger partial charge on any atom is 0.259 e. The number of allylic oxidation sites excluding steroid dienone is 2. The van der Waals surface area contributed by atoms with Crippen LogP contribution in [0.2, 0.25) is 0 Å². The molecule has 6 aromatic carbocycles. The van der Waals surface area contributed by atoms with Gasteiger partial charge in [0.15, 0.2) is 5.79 Å². The van der Waals surface area contributed by atoms with Crippen molar-refractivity contribution in [3.05, 3.63) is 144 Å². The Kier molecular flexibility index (Phi) is 8.21. The number of rotatable bonds is 2. The lowest BCUT2D eigenvalue weighted by Gasteiger charge is -2.27. The van der Waals surface area contributed by atoms with Gasteiger partial charge < -0.3 is 38.8 Å². The first-order chi connectivity index (χ1) is 33.5. The average Bonchev–Trinajstić information content (AvgIpc) is 4.21. The van der Waals surface area contributed by atoms with E-state index in [1.807, 2.05) is 111 Å². The van der Waals surface area contributed by atoms with E-state index >= 15 is 0 Å². The molecule has 6 atom stereocenters. The molecule has 0 spiro atoms. The Balaban J connectivity index is 0.000000130. The van der Waals surface area contributed by atoms with Crippen molar-refractivity contribution in [2.75, 3.05) is 0 Å². The molecule has 5 aliphatic rings. The third-order valence-electron chi connectivity index (χ3n) is 14.9. The van der Waals surface area contributed by atoms with Crippen LogP contribution in [0.5, 0.6) is 0 Å². The molecule has 7 heterocycles. The molecule has 340 valence electrons. The molecule has 1 saturated heterocycles. The Bertz CT molecular complexity index is 4070. The first-order valence-electron chi connectivity index (χ1n) is 23.2. The highest BCUT2D eigenvalue weighted by molar-refractivity contribution is 6.41. The molecule has 0 bridgehead atoms. The highest BCUT2D eigenvalue weighted by atomic mass is 16.7. The summed E-state index contributed by atoms with van der Waals surface area (Å²) >= 11 is 0. The first kappa shape index (κ1) is 40.2. The van der Waals surface area contributed by atoms with Gasteiger partial charge in [0.1, 0.15) is 6.10 Å². The Morgan fingerprint density at radius 3 is 1.46 bits per heavy atom. The molecule has 4 aromatic heterocycles. The van der Waals surface area contributed by atoms with E-state index in [0.717, 1.165) is 93.6 Å². The molecule has 15 rings (SSSR count). The summed E-state index contributed by atoms with van der Waals surface area (Å²) in [5.74, 6) is -2.10. The minimum absolute atomic E-state index is 0.0148. The lowest BCUT2D eigenvalue weighted by atomic mass is 9.95. The second-order valence-corrected chi connectivity index (χ2v) is 19.2. The van der Waals surface area contributed by atoms with Crippen molar-refractivity contribution in [1.29, 1.82) is 0 Å². The molecule has 0 saturated carbocycles. The number of H-pyrrole nitrogens is 2. The van der Waals surface area contributed by atoms with E-state index in [2.05, 4.69) is 48.0 Å². The summed E-state index contributed by atoms with van der Waals surface area (Å²) < 4.78 is 16.7. The first-order valence-corrected chi connectivity index (χ1v) is 23.2. The fourth-order valence-electron chi connectivity index (χ4n) is 12.2. The molecule has 14 nitrogen and oxygen atoms in total. The zero-order valence-corrected chi connectivity index (χ0v) is 37.2. The van der Waals surface area contributed by atoms with Gasteiger partial charge in [-0.1, -0.05) is 97.1 Å². The SMILES string of the molecule is CC1(C)O[C@H]2C=C[C@@H](n3c4ccccc4c4c5c(c6c7ccccc7[nH]c6c43)C(=O)NC5=O)C[C@H]2O1.O=C1NC(=O)c2c1c1c3ccccc3[nH]c1c1c2c2ccccc2n1[C@@H]1C=C[C@H](O)[C@H](O)C1. The number of hydrogen-bond acceptors (Lipinski definition) is 8. The molecule has 14 heteroatoms. The number of aliphatic hydroxyl groups is 2. The zero-order valence-electron chi connectivity index (χ0n) is 37.2. The van der Waals surface area contributed by atoms with Crippen LogP contribution < -0.4 is 10.6 Å². The Hall–Kier alpha value is -7.88. The summed E-state index contributed by atoms with van der Waals surface area (Å²) in [5.41, 5.74) is 8.80. The molecule has 0 radical (unpaired) electrons. The van der Waals surface area contributed by atoms with Crippen molar-refractivity contribution in [2.45, 2.75) is 69.0 Å². The Labute approximate surface area is 390 Å². The molecule has 1 fully saturated rings. The number of fused-ring (bicyclic) bond motifs is 21. The molecular formula is C55H42N6O8. The van der Waals surface area contributed by atoms with Crippen LogP contribution in [0.4, 0.5) is 0 Å². The zero-order chi connectivity index (χ0) is 46.8. The largest absolute Gasteiger partial charge is 0.390 e. The normalized spacial score (nSPS) is 23.8. The molecule has 69 heavy (non-hydrogen) atoms. The number of nitrogens with zero attached hydrogens (tertiary/aromatic N) is 2. The van der Waals surface area contributed by atoms with E-state index in [1.165, 1.54) is 0 Å². The van der Waals surface area contributed by atoms with E-state index in [9.17, 15) is 29.4 Å². The standard InChI is InChI=1S/C29H23N3O4.C26H19N3O4/c1-29(2)35-19-12-11-14(13-20(19)36-29)32-18-10-6-4-8-16(18)22-24-23(27(33)31-28(24)34)21-15-7-3-5-9-17(15)30-25(21)26(22)32;30-17-10-9-12(11-18(17)31)29-16-8-4-2-6-14(16)20-22-21(25(32)28-26(22)33)19-13-5-1-3-7-15(13)27-23(19)24(20)29/h3-12,14,19-20,30H,13H2,1-2H3,(H,31,33,34);1-10,12,17-18,27,30-31H,11H2,(H,28,32,33)/t14-,19+,20-;12-,17+,18-/m11/s1. The number of ether oxygens (including phenoxy) is 2. The highest BCUT2D eigenvalue weighted by Crippen LogP contribution is 2.48. The van der Waals surface area contributed by atoms with Crippen molar-refractivity contribution in [3.63, 3.8) is 0 Å². The maximum absolute atomic E-state index is 13.2. The summed E-state index contributed by atoms with van der Waals surface area (Å²) in [7, 11) is 0. The highest BCUT2D eigenvalue weighted by Gasteiger charge is 2.44. The van der Waals surface area contributed by atoms with Crippen molar-refractivity contribution < 1.29 is 38.9 Å². The summed E-state index contributed by atoms with van der Waals surface area (Å²) in [6, 6.07) is 31.3. The van der Waals surface area contributed by atoms with Gasteiger partial charge in [-0.15, -0.1) is 0 Å². The maximum atomic E-state index is 13.2. The van der Waals surface area contributed by atoms with Gasteiger partial charge in [-0.25, -0.2) is 0 Å². The van der Waals surface area contributed by atoms with E-state index < -0.39 is 23.9 Å². The van der Waals surface area contributed by atoms with Gasteiger partial charge in [0.25, 0.3) is 23.6 Å². The molecule has 4 amide bonds. The average molecular weight is 915 g/mol. The van der Waals surface area contributed by atoms with Crippen LogP contribution in [0.3, 0.4) is 0 Å². The Morgan fingerprint density at radius 2 is 0.957 bits per heavy atom. The molecule has 2 aliphatic carbocycles. The lowest BCUT2D eigenvalue weighted by molar-refractivity contribution is -0.143. The Morgan fingerprint density at radius 1 is 0.522 bits per heavy atom. The topological polar surface area (TPSA) is 193 Å². The number of hydrogen-bond donors (Lipinski definition) is 6. The third-order valence-corrected chi connectivity index (χ3v) is 14.9. The van der Waals surface area contributed by atoms with Crippen LogP contribution in [0.25, 0.3) is 87.2 Å². The third kappa shape index (κ3) is 5.50.